The average molecular weight is 1890 g/mol. The molecule has 0 unspecified atom stereocenters. The molecule has 4 nitrogen and oxygen atoms in total. The van der Waals surface area contributed by atoms with E-state index in [-0.39, 0.29) is 11.6 Å². The van der Waals surface area contributed by atoms with Gasteiger partial charge >= 0.3 is 0 Å². The maximum atomic E-state index is 14.9. The van der Waals surface area contributed by atoms with E-state index in [4.69, 9.17) is 0 Å². The topological polar surface area (TPSA) is 13.0 Å². The Labute approximate surface area is 854 Å². The molecule has 146 heavy (non-hydrogen) atoms. The minimum absolute atomic E-state index is 0.294. The first-order valence-corrected chi connectivity index (χ1v) is 50.5. The molecular weight excluding hydrogens is 1780 g/mol. The van der Waals surface area contributed by atoms with Crippen molar-refractivity contribution in [2.45, 2.75) is 83.1 Å². The van der Waals surface area contributed by atoms with Gasteiger partial charge in [-0.3, -0.25) is 0 Å². The van der Waals surface area contributed by atoms with Gasteiger partial charge in [0.15, 0.2) is 0 Å². The van der Waals surface area contributed by atoms with Crippen LogP contribution in [-0.2, 0) is 0 Å². The van der Waals surface area contributed by atoms with Gasteiger partial charge in [-0.2, -0.15) is 0 Å². The summed E-state index contributed by atoms with van der Waals surface area (Å²) in [4.78, 5) is 9.60. The van der Waals surface area contributed by atoms with Crippen LogP contribution in [0.4, 0.5) is 77.0 Å². The maximum absolute atomic E-state index is 14.9. The Morgan fingerprint density at radius 3 is 0.493 bits per heavy atom. The molecular formula is C140H110F2N4. The Hall–Kier alpha value is -17.6. The number of hydrogen-bond donors (Lipinski definition) is 0. The molecule has 0 heterocycles. The highest BCUT2D eigenvalue weighted by molar-refractivity contribution is 6.30. The number of rotatable bonds is 20. The van der Waals surface area contributed by atoms with Crippen LogP contribution in [0, 0.1) is 94.7 Å². The second-order valence-electron chi connectivity index (χ2n) is 39.8. The Kier molecular flexibility index (Phi) is 24.2. The molecule has 0 N–H and O–H groups in total. The fraction of sp³-hybridized carbons (Fsp3) is 0.0857. The van der Waals surface area contributed by atoms with E-state index in [9.17, 15) is 8.78 Å². The van der Waals surface area contributed by atoms with Gasteiger partial charge in [0.1, 0.15) is 11.6 Å². The van der Waals surface area contributed by atoms with Gasteiger partial charge in [0, 0.05) is 67.0 Å². The maximum Gasteiger partial charge on any atom is 0.123 e. The predicted octanol–water partition coefficient (Wildman–Crippen LogP) is 40.4. The van der Waals surface area contributed by atoms with Crippen molar-refractivity contribution >= 4 is 133 Å². The van der Waals surface area contributed by atoms with E-state index in [1.807, 2.05) is 24.3 Å². The van der Waals surface area contributed by atoms with Gasteiger partial charge in [0.25, 0.3) is 0 Å². The Bertz CT molecular complexity index is 8380. The highest BCUT2D eigenvalue weighted by atomic mass is 19.1. The highest BCUT2D eigenvalue weighted by Gasteiger charge is 2.30. The van der Waals surface area contributed by atoms with Gasteiger partial charge in [0.2, 0.25) is 0 Å². The van der Waals surface area contributed by atoms with Crippen LogP contribution in [-0.4, -0.2) is 0 Å². The molecule has 0 amide bonds. The zero-order valence-corrected chi connectivity index (χ0v) is 84.3. The van der Waals surface area contributed by atoms with Crippen LogP contribution in [0.3, 0.4) is 0 Å². The SMILES string of the molecule is Cc1cc(C)cc(N(c2cc(-c3ccccc3C)cc(-c3ccccc3C)c2)c2ccc3ccc4c(N(c5cc(C)cc(C)c5)c5cc(-c6ccccc6C)cc(-c6ccccc6C)c5)ccc5ccc2c3c54)c1.Cc1ccccc1-c1cc(-c2ccccc2C)cc(N(c2ccc(F)cc2)c2ccc3ccc4c(N(c5ccc(F)cc5)c5cc(-c6ccccc6C)cc(-c6ccccc6C)c5)ccc5ccc2c3c54)c1. The number of nitrogens with zero attached hydrogens (tertiary/aromatic N) is 4. The molecule has 0 aliphatic heterocycles. The van der Waals surface area contributed by atoms with Crippen molar-refractivity contribution < 1.29 is 8.78 Å². The highest BCUT2D eigenvalue weighted by Crippen LogP contribution is 2.55. The van der Waals surface area contributed by atoms with Crippen LogP contribution in [0.2, 0.25) is 0 Å². The summed E-state index contributed by atoms with van der Waals surface area (Å²) in [6.45, 7) is 26.4. The van der Waals surface area contributed by atoms with Crippen LogP contribution in [0.25, 0.3) is 154 Å². The second kappa shape index (κ2) is 38.4. The molecule has 0 aliphatic carbocycles. The standard InChI is InChI=1S/C72H60N2.C68H50F2N2/c1-45-33-46(2)36-59(35-45)73(61-41-55(63-21-13-9-17-49(63)5)39-56(42-61)64-22-14-10-18-50(64)6)69-31-27-53-26-30-68-70(32-28-54-25-29-67(69)71(53)72(54)68)74(60-37-47(3)34-48(4)38-60)62-43-57(65-23-15-11-19-51(65)7)40-58(44-62)66-24-16-12-20-52(66)8;1-43-13-5-9-17-59(43)49-37-50(60-18-10-6-14-44(60)2)40-57(39-49)71(55-29-25-53(69)26-30-55)65-35-23-47-22-34-64-66(36-24-48-21-33-63(65)67(47)68(48)64)72(56-31-27-54(70)28-32-56)58-41-51(61-19-11-7-15-45(61)3)38-52(42-58)62-20-12-8-16-46(62)4/h9-44H,1-8H3;5-42H,1-4H3. The van der Waals surface area contributed by atoms with E-state index in [1.54, 1.807) is 24.3 Å². The Morgan fingerprint density at radius 2 is 0.308 bits per heavy atom. The lowest BCUT2D eigenvalue weighted by atomic mass is 9.90. The fourth-order valence-electron chi connectivity index (χ4n) is 22.7. The number of benzene rings is 24. The molecule has 0 atom stereocenters. The summed E-state index contributed by atoms with van der Waals surface area (Å²) in [6.07, 6.45) is 0. The van der Waals surface area contributed by atoms with E-state index in [0.29, 0.717) is 0 Å². The van der Waals surface area contributed by atoms with Gasteiger partial charge in [-0.25, -0.2) is 8.78 Å². The summed E-state index contributed by atoms with van der Waals surface area (Å²) in [5.74, 6) is -0.589. The lowest BCUT2D eigenvalue weighted by Crippen LogP contribution is -2.12. The molecule has 0 radical (unpaired) electrons. The van der Waals surface area contributed by atoms with Crippen LogP contribution < -0.4 is 19.6 Å². The van der Waals surface area contributed by atoms with Gasteiger partial charge in [-0.05, 0) is 452 Å². The molecule has 24 aromatic rings. The summed E-state index contributed by atoms with van der Waals surface area (Å²) in [6, 6.07) is 161. The quantitative estimate of drug-likeness (QED) is 0.0705. The first-order valence-electron chi connectivity index (χ1n) is 50.5. The van der Waals surface area contributed by atoms with Crippen LogP contribution in [0.5, 0.6) is 0 Å². The van der Waals surface area contributed by atoms with Crippen molar-refractivity contribution in [3.63, 3.8) is 0 Å². The van der Waals surface area contributed by atoms with E-state index in [0.717, 1.165) is 145 Å². The number of anilines is 12. The van der Waals surface area contributed by atoms with Crippen LogP contribution in [0.1, 0.15) is 66.8 Å². The summed E-state index contributed by atoms with van der Waals surface area (Å²) >= 11 is 0. The lowest BCUT2D eigenvalue weighted by Gasteiger charge is -2.31. The second-order valence-corrected chi connectivity index (χ2v) is 39.8. The molecule has 24 rings (SSSR count). The van der Waals surface area contributed by atoms with Gasteiger partial charge in [0.05, 0.1) is 22.7 Å². The summed E-state index contributed by atoms with van der Waals surface area (Å²) in [5.41, 5.74) is 45.6. The minimum Gasteiger partial charge on any atom is -0.310 e. The van der Waals surface area contributed by atoms with E-state index >= 15 is 0 Å². The number of hydrogen-bond acceptors (Lipinski definition) is 4. The fourth-order valence-corrected chi connectivity index (χ4v) is 22.7. The number of aryl methyl sites for hydroxylation is 12. The summed E-state index contributed by atoms with van der Waals surface area (Å²) in [5, 5.41) is 13.9. The molecule has 0 fully saturated rings. The van der Waals surface area contributed by atoms with Crippen molar-refractivity contribution in [3.8, 4) is 89.0 Å². The normalized spacial score (nSPS) is 11.5. The lowest BCUT2D eigenvalue weighted by molar-refractivity contribution is 0.627. The summed E-state index contributed by atoms with van der Waals surface area (Å²) in [7, 11) is 0. The van der Waals surface area contributed by atoms with Crippen molar-refractivity contribution in [2.24, 2.45) is 0 Å². The Morgan fingerprint density at radius 1 is 0.144 bits per heavy atom. The molecule has 24 aromatic carbocycles. The van der Waals surface area contributed by atoms with Gasteiger partial charge in [-0.1, -0.05) is 279 Å². The first-order chi connectivity index (χ1) is 71.1. The van der Waals surface area contributed by atoms with Crippen molar-refractivity contribution in [3.05, 3.63) is 527 Å². The average Bonchev–Trinajstić information content (AvgIpc) is 0.719. The van der Waals surface area contributed by atoms with Gasteiger partial charge in [-0.15, -0.1) is 0 Å². The molecule has 0 aliphatic rings. The van der Waals surface area contributed by atoms with Crippen molar-refractivity contribution in [1.82, 2.24) is 0 Å². The third kappa shape index (κ3) is 17.4. The third-order valence-corrected chi connectivity index (χ3v) is 29.7. The first kappa shape index (κ1) is 92.2. The summed E-state index contributed by atoms with van der Waals surface area (Å²) < 4.78 is 29.8. The molecule has 0 saturated heterocycles. The van der Waals surface area contributed by atoms with Crippen molar-refractivity contribution in [2.75, 3.05) is 19.6 Å². The predicted molar refractivity (Wildman–Crippen MR) is 619 cm³/mol. The van der Waals surface area contributed by atoms with E-state index in [1.165, 1.54) is 144 Å². The van der Waals surface area contributed by atoms with E-state index in [2.05, 4.69) is 503 Å². The third-order valence-electron chi connectivity index (χ3n) is 29.7. The molecule has 0 saturated carbocycles. The Balaban J connectivity index is 0.000000161. The smallest absolute Gasteiger partial charge is 0.123 e. The van der Waals surface area contributed by atoms with E-state index < -0.39 is 0 Å². The van der Waals surface area contributed by atoms with Gasteiger partial charge < -0.3 is 19.6 Å². The zero-order chi connectivity index (χ0) is 99.8. The number of halogens is 2. The molecule has 6 heteroatoms. The molecule has 704 valence electrons. The molecule has 0 aromatic heterocycles. The molecule has 0 spiro atoms. The minimum atomic E-state index is -0.294. The van der Waals surface area contributed by atoms with Crippen LogP contribution in [0.15, 0.2) is 449 Å². The zero-order valence-electron chi connectivity index (χ0n) is 84.3. The van der Waals surface area contributed by atoms with Crippen molar-refractivity contribution in [1.29, 1.82) is 0 Å². The monoisotopic (exact) mass is 1880 g/mol. The van der Waals surface area contributed by atoms with Crippen LogP contribution >= 0.6 is 0 Å². The molecule has 0 bridgehead atoms. The largest absolute Gasteiger partial charge is 0.310 e.